The number of hydrogen-bond donors (Lipinski definition) is 0. The van der Waals surface area contributed by atoms with Crippen LogP contribution in [0.2, 0.25) is 0 Å². The Morgan fingerprint density at radius 1 is 0.739 bits per heavy atom. The molecule has 0 N–H and O–H groups in total. The molecule has 0 saturated heterocycles. The highest BCUT2D eigenvalue weighted by atomic mass is 16.2. The van der Waals surface area contributed by atoms with Gasteiger partial charge in [0.2, 0.25) is 0 Å². The number of aryl methyl sites for hydroxylation is 2. The van der Waals surface area contributed by atoms with Gasteiger partial charge in [-0.3, -0.25) is 14.5 Å². The van der Waals surface area contributed by atoms with Crippen LogP contribution in [0.1, 0.15) is 63.9 Å². The lowest BCUT2D eigenvalue weighted by atomic mass is 9.87. The molecule has 0 aromatic heterocycles. The fourth-order valence-corrected chi connectivity index (χ4v) is 4.71. The summed E-state index contributed by atoms with van der Waals surface area (Å²) in [5.41, 5.74) is 4.03. The third-order valence-corrected chi connectivity index (χ3v) is 5.84. The van der Waals surface area contributed by atoms with Crippen molar-refractivity contribution in [3.05, 3.63) is 46.5 Å². The van der Waals surface area contributed by atoms with Crippen LogP contribution in [-0.2, 0) is 12.8 Å². The Morgan fingerprint density at radius 2 is 1.30 bits per heavy atom. The lowest BCUT2D eigenvalue weighted by molar-refractivity contribution is 0.0503. The Kier molecular flexibility index (Phi) is 2.70. The third-order valence-electron chi connectivity index (χ3n) is 5.84. The molecule has 1 heterocycles. The fourth-order valence-electron chi connectivity index (χ4n) is 4.71. The molecule has 0 unspecified atom stereocenters. The first-order chi connectivity index (χ1) is 11.3. The van der Waals surface area contributed by atoms with Crippen molar-refractivity contribution in [2.75, 3.05) is 0 Å². The van der Waals surface area contributed by atoms with Crippen molar-refractivity contribution >= 4 is 22.6 Å². The number of rotatable bonds is 1. The van der Waals surface area contributed by atoms with Gasteiger partial charge in [-0.1, -0.05) is 31.4 Å². The Morgan fingerprint density at radius 3 is 1.87 bits per heavy atom. The van der Waals surface area contributed by atoms with E-state index in [-0.39, 0.29) is 17.9 Å². The van der Waals surface area contributed by atoms with Gasteiger partial charge in [0.15, 0.2) is 0 Å². The molecule has 2 amide bonds. The number of hydrogen-bond acceptors (Lipinski definition) is 2. The number of carbonyl (C=O) groups is 2. The van der Waals surface area contributed by atoms with E-state index in [1.807, 2.05) is 12.1 Å². The van der Waals surface area contributed by atoms with E-state index >= 15 is 0 Å². The number of benzene rings is 2. The van der Waals surface area contributed by atoms with E-state index in [1.165, 1.54) is 22.9 Å². The van der Waals surface area contributed by atoms with E-state index in [0.29, 0.717) is 0 Å². The van der Waals surface area contributed by atoms with Crippen molar-refractivity contribution in [3.8, 4) is 0 Å². The second-order valence-corrected chi connectivity index (χ2v) is 7.07. The van der Waals surface area contributed by atoms with Crippen LogP contribution in [-0.4, -0.2) is 22.8 Å². The summed E-state index contributed by atoms with van der Waals surface area (Å²) in [6.45, 7) is 0. The van der Waals surface area contributed by atoms with E-state index in [1.54, 1.807) is 4.90 Å². The summed E-state index contributed by atoms with van der Waals surface area (Å²) >= 11 is 0. The smallest absolute Gasteiger partial charge is 0.261 e. The Hall–Kier alpha value is -2.16. The van der Waals surface area contributed by atoms with E-state index in [2.05, 4.69) is 12.1 Å². The minimum Gasteiger partial charge on any atom is -0.271 e. The number of carbonyl (C=O) groups excluding carboxylic acids is 2. The van der Waals surface area contributed by atoms with Crippen molar-refractivity contribution in [2.45, 2.75) is 51.0 Å². The van der Waals surface area contributed by atoms with Crippen LogP contribution in [0, 0.1) is 0 Å². The van der Waals surface area contributed by atoms with Gasteiger partial charge in [-0.15, -0.1) is 0 Å². The summed E-state index contributed by atoms with van der Waals surface area (Å²) in [5, 5.41) is 2.09. The summed E-state index contributed by atoms with van der Waals surface area (Å²) in [5.74, 6) is -0.157. The quantitative estimate of drug-likeness (QED) is 0.750. The standard InChI is InChI=1S/C20H19NO2/c22-19-15-10-8-12-6-7-13-9-11-16(18(15)17(12)13)20(23)21(19)14-4-2-1-3-5-14/h8-11,14H,1-7H2. The maximum Gasteiger partial charge on any atom is 0.261 e. The first-order valence-corrected chi connectivity index (χ1v) is 8.71. The molecule has 0 radical (unpaired) electrons. The molecule has 2 aliphatic carbocycles. The molecule has 0 spiro atoms. The van der Waals surface area contributed by atoms with Crippen LogP contribution >= 0.6 is 0 Å². The predicted molar refractivity (Wildman–Crippen MR) is 88.7 cm³/mol. The molecule has 1 saturated carbocycles. The summed E-state index contributed by atoms with van der Waals surface area (Å²) in [6.07, 6.45) is 7.38. The molecule has 2 aromatic rings. The highest BCUT2D eigenvalue weighted by Crippen LogP contribution is 2.39. The molecular formula is C20H19NO2. The summed E-state index contributed by atoms with van der Waals surface area (Å²) < 4.78 is 0. The average molecular weight is 305 g/mol. The van der Waals surface area contributed by atoms with E-state index in [0.717, 1.165) is 55.0 Å². The van der Waals surface area contributed by atoms with Crippen LogP contribution in [0.25, 0.3) is 10.8 Å². The number of amides is 2. The highest BCUT2D eigenvalue weighted by Gasteiger charge is 2.38. The van der Waals surface area contributed by atoms with Gasteiger partial charge in [-0.05, 0) is 54.3 Å². The average Bonchev–Trinajstić information content (AvgIpc) is 3.01. The zero-order chi connectivity index (χ0) is 15.6. The molecule has 3 nitrogen and oxygen atoms in total. The minimum atomic E-state index is -0.0787. The fraction of sp³-hybridized carbons (Fsp3) is 0.400. The Labute approximate surface area is 135 Å². The SMILES string of the molecule is O=C1c2ccc3c4c(ccc(c24)C(=O)N1C1CCCCC1)CC3. The molecule has 3 heteroatoms. The maximum atomic E-state index is 13.1. The molecular weight excluding hydrogens is 286 g/mol. The highest BCUT2D eigenvalue weighted by molar-refractivity contribution is 6.26. The van der Waals surface area contributed by atoms with Crippen LogP contribution in [0.3, 0.4) is 0 Å². The summed E-state index contributed by atoms with van der Waals surface area (Å²) in [7, 11) is 0. The molecule has 5 rings (SSSR count). The Bertz CT molecular complexity index is 803. The largest absolute Gasteiger partial charge is 0.271 e. The number of imide groups is 1. The first kappa shape index (κ1) is 13.3. The van der Waals surface area contributed by atoms with Crippen molar-refractivity contribution in [2.24, 2.45) is 0 Å². The molecule has 3 aliphatic rings. The van der Waals surface area contributed by atoms with Crippen molar-refractivity contribution in [1.82, 2.24) is 4.90 Å². The second kappa shape index (κ2) is 4.67. The normalized spacial score (nSPS) is 20.6. The first-order valence-electron chi connectivity index (χ1n) is 8.71. The van der Waals surface area contributed by atoms with E-state index < -0.39 is 0 Å². The lowest BCUT2D eigenvalue weighted by Crippen LogP contribution is -2.47. The van der Waals surface area contributed by atoms with Gasteiger partial charge in [0.25, 0.3) is 11.8 Å². The maximum absolute atomic E-state index is 13.1. The van der Waals surface area contributed by atoms with Crippen LogP contribution in [0.5, 0.6) is 0 Å². The van der Waals surface area contributed by atoms with Gasteiger partial charge in [-0.25, -0.2) is 0 Å². The van der Waals surface area contributed by atoms with Gasteiger partial charge >= 0.3 is 0 Å². The zero-order valence-corrected chi connectivity index (χ0v) is 13.1. The lowest BCUT2D eigenvalue weighted by Gasteiger charge is -2.36. The zero-order valence-electron chi connectivity index (χ0n) is 13.1. The second-order valence-electron chi connectivity index (χ2n) is 7.07. The molecule has 2 aromatic carbocycles. The molecule has 1 aliphatic heterocycles. The number of nitrogens with zero attached hydrogens (tertiary/aromatic N) is 1. The third kappa shape index (κ3) is 1.71. The van der Waals surface area contributed by atoms with Crippen LogP contribution < -0.4 is 0 Å². The molecule has 0 bridgehead atoms. The monoisotopic (exact) mass is 305 g/mol. The molecule has 1 fully saturated rings. The van der Waals surface area contributed by atoms with Gasteiger partial charge in [0.05, 0.1) is 0 Å². The van der Waals surface area contributed by atoms with Crippen LogP contribution in [0.4, 0.5) is 0 Å². The summed E-state index contributed by atoms with van der Waals surface area (Å²) in [6, 6.07) is 8.15. The van der Waals surface area contributed by atoms with Crippen LogP contribution in [0.15, 0.2) is 24.3 Å². The van der Waals surface area contributed by atoms with Gasteiger partial charge in [0.1, 0.15) is 0 Å². The van der Waals surface area contributed by atoms with Crippen molar-refractivity contribution < 1.29 is 9.59 Å². The topological polar surface area (TPSA) is 37.4 Å². The van der Waals surface area contributed by atoms with Crippen molar-refractivity contribution in [3.63, 3.8) is 0 Å². The molecule has 0 atom stereocenters. The van der Waals surface area contributed by atoms with E-state index in [4.69, 9.17) is 0 Å². The van der Waals surface area contributed by atoms with Gasteiger partial charge in [-0.2, -0.15) is 0 Å². The molecule has 23 heavy (non-hydrogen) atoms. The van der Waals surface area contributed by atoms with Gasteiger partial charge < -0.3 is 0 Å². The predicted octanol–water partition coefficient (Wildman–Crippen LogP) is 3.87. The van der Waals surface area contributed by atoms with Gasteiger partial charge in [0, 0.05) is 22.6 Å². The minimum absolute atomic E-state index is 0.0787. The van der Waals surface area contributed by atoms with E-state index in [9.17, 15) is 9.59 Å². The molecule has 116 valence electrons. The Balaban J connectivity index is 1.73. The van der Waals surface area contributed by atoms with Crippen molar-refractivity contribution in [1.29, 1.82) is 0 Å². The summed E-state index contributed by atoms with van der Waals surface area (Å²) in [4.78, 5) is 27.7.